The maximum absolute atomic E-state index is 9.74. The van der Waals surface area contributed by atoms with Crippen molar-refractivity contribution in [3.05, 3.63) is 12.2 Å². The number of aliphatic hydroxyl groups is 2. The fraction of sp³-hybridized carbons (Fsp3) is 0.769. The lowest BCUT2D eigenvalue weighted by Crippen LogP contribution is -2.20. The molecular weight excluding hydrogens is 202 g/mol. The van der Waals surface area contributed by atoms with Crippen LogP contribution in [0.25, 0.3) is 0 Å². The van der Waals surface area contributed by atoms with Crippen molar-refractivity contribution < 1.29 is 10.2 Å². The average molecular weight is 223 g/mol. The van der Waals surface area contributed by atoms with Gasteiger partial charge in [-0.15, -0.1) is 0 Å². The minimum atomic E-state index is -0.249. The summed E-state index contributed by atoms with van der Waals surface area (Å²) in [6.45, 7) is 0.185. The summed E-state index contributed by atoms with van der Waals surface area (Å²) in [5.74, 6) is 0.482. The molecule has 1 saturated carbocycles. The van der Waals surface area contributed by atoms with Crippen molar-refractivity contribution in [1.29, 1.82) is 5.26 Å². The smallest absolute Gasteiger partial charge is 0.0621 e. The predicted molar refractivity (Wildman–Crippen MR) is 62.5 cm³/mol. The standard InChI is InChI=1S/C13H21NO2/c14-9-5-3-1-2-4-6-12-11(10-15)7-8-13(12)16/h2,4,11-13,15-16H,1,3,5-8,10H2/t11?,12-,13-/m1/s1. The Morgan fingerprint density at radius 1 is 1.31 bits per heavy atom. The van der Waals surface area contributed by atoms with Crippen molar-refractivity contribution in [2.75, 3.05) is 6.61 Å². The van der Waals surface area contributed by atoms with E-state index in [0.717, 1.165) is 32.1 Å². The molecule has 1 aliphatic carbocycles. The summed E-state index contributed by atoms with van der Waals surface area (Å²) in [5.41, 5.74) is 0. The molecule has 1 aliphatic rings. The topological polar surface area (TPSA) is 64.2 Å². The highest BCUT2D eigenvalue weighted by molar-refractivity contribution is 4.92. The molecule has 0 aromatic rings. The Hall–Kier alpha value is -0.850. The summed E-state index contributed by atoms with van der Waals surface area (Å²) < 4.78 is 0. The van der Waals surface area contributed by atoms with Crippen LogP contribution in [-0.2, 0) is 0 Å². The number of nitrogens with zero attached hydrogens (tertiary/aromatic N) is 1. The first-order valence-electron chi connectivity index (χ1n) is 6.10. The molecule has 1 rings (SSSR count). The summed E-state index contributed by atoms with van der Waals surface area (Å²) in [6.07, 6.45) is 8.96. The third-order valence-electron chi connectivity index (χ3n) is 3.40. The molecule has 0 saturated heterocycles. The van der Waals surface area contributed by atoms with Crippen LogP contribution in [0.5, 0.6) is 0 Å². The van der Waals surface area contributed by atoms with Gasteiger partial charge in [0.2, 0.25) is 0 Å². The van der Waals surface area contributed by atoms with Gasteiger partial charge in [0.15, 0.2) is 0 Å². The van der Waals surface area contributed by atoms with Crippen LogP contribution in [-0.4, -0.2) is 22.9 Å². The molecule has 0 aliphatic heterocycles. The number of hydrogen-bond donors (Lipinski definition) is 2. The second kappa shape index (κ2) is 7.43. The number of rotatable bonds is 6. The maximum Gasteiger partial charge on any atom is 0.0621 e. The number of unbranched alkanes of at least 4 members (excludes halogenated alkanes) is 2. The number of allylic oxidation sites excluding steroid dienone is 2. The fourth-order valence-electron chi connectivity index (χ4n) is 2.37. The van der Waals surface area contributed by atoms with Crippen LogP contribution in [0, 0.1) is 23.2 Å². The highest BCUT2D eigenvalue weighted by Gasteiger charge is 2.33. The van der Waals surface area contributed by atoms with E-state index in [1.54, 1.807) is 0 Å². The summed E-state index contributed by atoms with van der Waals surface area (Å²) in [6, 6.07) is 2.12. The van der Waals surface area contributed by atoms with Gasteiger partial charge in [0.05, 0.1) is 12.2 Å². The Labute approximate surface area is 97.4 Å². The zero-order valence-corrected chi connectivity index (χ0v) is 9.68. The van der Waals surface area contributed by atoms with E-state index in [2.05, 4.69) is 18.2 Å². The SMILES string of the molecule is N#CCCCC=CC[C@@H]1C(CO)CC[C@H]1O. The van der Waals surface area contributed by atoms with Crippen molar-refractivity contribution in [2.45, 2.75) is 44.6 Å². The van der Waals surface area contributed by atoms with E-state index >= 15 is 0 Å². The van der Waals surface area contributed by atoms with Crippen LogP contribution in [0.3, 0.4) is 0 Å². The molecule has 1 unspecified atom stereocenters. The first-order valence-corrected chi connectivity index (χ1v) is 6.10. The van der Waals surface area contributed by atoms with Crippen molar-refractivity contribution in [3.63, 3.8) is 0 Å². The average Bonchev–Trinajstić information content (AvgIpc) is 2.65. The van der Waals surface area contributed by atoms with E-state index in [4.69, 9.17) is 10.4 Å². The first kappa shape index (κ1) is 13.2. The molecule has 3 nitrogen and oxygen atoms in total. The largest absolute Gasteiger partial charge is 0.396 e. The Bertz CT molecular complexity index is 257. The number of nitriles is 1. The van der Waals surface area contributed by atoms with E-state index in [0.29, 0.717) is 6.42 Å². The Balaban J connectivity index is 2.22. The van der Waals surface area contributed by atoms with E-state index in [1.165, 1.54) is 0 Å². The van der Waals surface area contributed by atoms with Crippen molar-refractivity contribution in [2.24, 2.45) is 11.8 Å². The van der Waals surface area contributed by atoms with Gasteiger partial charge in [-0.25, -0.2) is 0 Å². The van der Waals surface area contributed by atoms with Crippen LogP contribution >= 0.6 is 0 Å². The molecule has 0 aromatic heterocycles. The zero-order valence-electron chi connectivity index (χ0n) is 9.68. The normalized spacial score (nSPS) is 29.7. The maximum atomic E-state index is 9.74. The molecule has 0 amide bonds. The van der Waals surface area contributed by atoms with Gasteiger partial charge in [0.25, 0.3) is 0 Å². The number of aliphatic hydroxyl groups excluding tert-OH is 2. The molecule has 0 bridgehead atoms. The first-order chi connectivity index (χ1) is 7.79. The second-order valence-electron chi connectivity index (χ2n) is 4.51. The lowest BCUT2D eigenvalue weighted by molar-refractivity contribution is 0.0992. The van der Waals surface area contributed by atoms with E-state index < -0.39 is 0 Å². The molecule has 0 heterocycles. The van der Waals surface area contributed by atoms with Crippen molar-refractivity contribution >= 4 is 0 Å². The quantitative estimate of drug-likeness (QED) is 0.534. The molecule has 3 atom stereocenters. The second-order valence-corrected chi connectivity index (χ2v) is 4.51. The molecular formula is C13H21NO2. The van der Waals surface area contributed by atoms with E-state index in [-0.39, 0.29) is 24.5 Å². The molecule has 2 N–H and O–H groups in total. The monoisotopic (exact) mass is 223 g/mol. The molecule has 0 radical (unpaired) electrons. The Morgan fingerprint density at radius 3 is 2.81 bits per heavy atom. The molecule has 0 aromatic carbocycles. The van der Waals surface area contributed by atoms with Crippen molar-refractivity contribution in [3.8, 4) is 6.07 Å². The minimum Gasteiger partial charge on any atom is -0.396 e. The lowest BCUT2D eigenvalue weighted by Gasteiger charge is -2.18. The van der Waals surface area contributed by atoms with E-state index in [1.807, 2.05) is 0 Å². The molecule has 16 heavy (non-hydrogen) atoms. The van der Waals surface area contributed by atoms with Crippen LogP contribution in [0.2, 0.25) is 0 Å². The van der Waals surface area contributed by atoms with Crippen LogP contribution in [0.1, 0.15) is 38.5 Å². The highest BCUT2D eigenvalue weighted by Crippen LogP contribution is 2.34. The van der Waals surface area contributed by atoms with E-state index in [9.17, 15) is 5.11 Å². The van der Waals surface area contributed by atoms with Crippen molar-refractivity contribution in [1.82, 2.24) is 0 Å². The zero-order chi connectivity index (χ0) is 11.8. The van der Waals surface area contributed by atoms with Gasteiger partial charge in [-0.05, 0) is 43.9 Å². The Morgan fingerprint density at radius 2 is 2.12 bits per heavy atom. The molecule has 90 valence electrons. The summed E-state index contributed by atoms with van der Waals surface area (Å²) >= 11 is 0. The Kier molecular flexibility index (Phi) is 6.14. The third-order valence-corrected chi connectivity index (χ3v) is 3.40. The summed E-state index contributed by atoms with van der Waals surface area (Å²) in [5, 5.41) is 27.3. The van der Waals surface area contributed by atoms with Gasteiger partial charge < -0.3 is 10.2 Å². The number of hydrogen-bond acceptors (Lipinski definition) is 3. The van der Waals surface area contributed by atoms with Crippen LogP contribution in [0.4, 0.5) is 0 Å². The molecule has 0 spiro atoms. The summed E-state index contributed by atoms with van der Waals surface area (Å²) in [4.78, 5) is 0. The predicted octanol–water partition coefficient (Wildman–Crippen LogP) is 2.01. The van der Waals surface area contributed by atoms with Gasteiger partial charge in [-0.3, -0.25) is 0 Å². The lowest BCUT2D eigenvalue weighted by atomic mass is 9.92. The van der Waals surface area contributed by atoms with Crippen LogP contribution < -0.4 is 0 Å². The molecule has 3 heteroatoms. The molecule has 1 fully saturated rings. The highest BCUT2D eigenvalue weighted by atomic mass is 16.3. The van der Waals surface area contributed by atoms with Gasteiger partial charge in [0.1, 0.15) is 0 Å². The summed E-state index contributed by atoms with van der Waals surface area (Å²) in [7, 11) is 0. The fourth-order valence-corrected chi connectivity index (χ4v) is 2.37. The van der Waals surface area contributed by atoms with Gasteiger partial charge in [-0.1, -0.05) is 12.2 Å². The minimum absolute atomic E-state index is 0.185. The third kappa shape index (κ3) is 3.96. The van der Waals surface area contributed by atoms with Crippen LogP contribution in [0.15, 0.2) is 12.2 Å². The van der Waals surface area contributed by atoms with Gasteiger partial charge >= 0.3 is 0 Å². The van der Waals surface area contributed by atoms with Gasteiger partial charge in [0, 0.05) is 13.0 Å². The van der Waals surface area contributed by atoms with Gasteiger partial charge in [-0.2, -0.15) is 5.26 Å².